The first-order valence-electron chi connectivity index (χ1n) is 6.22. The third-order valence-corrected chi connectivity index (χ3v) is 2.91. The average Bonchev–Trinajstić information content (AvgIpc) is 2.41. The molecule has 0 radical (unpaired) electrons. The van der Waals surface area contributed by atoms with Crippen molar-refractivity contribution in [3.8, 4) is 0 Å². The van der Waals surface area contributed by atoms with E-state index >= 15 is 0 Å². The number of nitrogens with two attached hydrogens (primary N) is 1. The normalized spacial score (nSPS) is 14.2. The van der Waals surface area contributed by atoms with E-state index in [0.717, 1.165) is 0 Å². The third-order valence-electron chi connectivity index (χ3n) is 2.54. The summed E-state index contributed by atoms with van der Waals surface area (Å²) in [6, 6.07) is -4.48. The summed E-state index contributed by atoms with van der Waals surface area (Å²) in [5.74, 6) is -6.55. The van der Waals surface area contributed by atoms with Gasteiger partial charge in [-0.25, -0.2) is 4.79 Å². The van der Waals surface area contributed by atoms with E-state index in [1.54, 1.807) is 0 Å². The Hall–Kier alpha value is -2.34. The molecule has 0 fully saturated rings. The van der Waals surface area contributed by atoms with Gasteiger partial charge in [0.2, 0.25) is 11.8 Å². The van der Waals surface area contributed by atoms with Crippen molar-refractivity contribution < 1.29 is 39.3 Å². The van der Waals surface area contributed by atoms with Crippen LogP contribution in [0.3, 0.4) is 0 Å². The van der Waals surface area contributed by atoms with E-state index in [9.17, 15) is 24.0 Å². The van der Waals surface area contributed by atoms with E-state index in [0.29, 0.717) is 0 Å². The fourth-order valence-corrected chi connectivity index (χ4v) is 1.65. The predicted octanol–water partition coefficient (Wildman–Crippen LogP) is -2.75. The number of hydrogen-bond acceptors (Lipinski definition) is 7. The molecule has 11 nitrogen and oxygen atoms in total. The van der Waals surface area contributed by atoms with Gasteiger partial charge in [-0.2, -0.15) is 12.6 Å². The molecule has 2 amide bonds. The number of nitrogens with one attached hydrogen (secondary N) is 2. The van der Waals surface area contributed by atoms with Crippen LogP contribution in [0.2, 0.25) is 0 Å². The Kier molecular flexibility index (Phi) is 8.65. The largest absolute Gasteiger partial charge is 0.481 e. The smallest absolute Gasteiger partial charge is 0.327 e. The van der Waals surface area contributed by atoms with Crippen molar-refractivity contribution in [3.63, 3.8) is 0 Å². The summed E-state index contributed by atoms with van der Waals surface area (Å²) >= 11 is 3.72. The van der Waals surface area contributed by atoms with E-state index in [1.807, 2.05) is 10.6 Å². The van der Waals surface area contributed by atoms with Gasteiger partial charge in [-0.05, 0) is 0 Å². The van der Waals surface area contributed by atoms with Crippen LogP contribution in [0.25, 0.3) is 0 Å². The molecule has 0 aromatic rings. The van der Waals surface area contributed by atoms with Crippen molar-refractivity contribution in [3.05, 3.63) is 0 Å². The number of amides is 2. The summed E-state index contributed by atoms with van der Waals surface area (Å²) in [6.07, 6.45) is -1.56. The zero-order valence-electron chi connectivity index (χ0n) is 11.8. The highest BCUT2D eigenvalue weighted by molar-refractivity contribution is 7.80. The number of aliphatic carboxylic acids is 3. The first-order chi connectivity index (χ1) is 10.6. The minimum atomic E-state index is -1.61. The van der Waals surface area contributed by atoms with Crippen molar-refractivity contribution in [2.75, 3.05) is 5.75 Å². The van der Waals surface area contributed by atoms with Crippen LogP contribution in [0.5, 0.6) is 0 Å². The van der Waals surface area contributed by atoms with Crippen LogP contribution in [-0.2, 0) is 24.0 Å². The molecule has 3 atom stereocenters. The van der Waals surface area contributed by atoms with Crippen LogP contribution in [0.4, 0.5) is 0 Å². The van der Waals surface area contributed by atoms with Crippen molar-refractivity contribution in [1.82, 2.24) is 10.6 Å². The minimum Gasteiger partial charge on any atom is -0.481 e. The Labute approximate surface area is 135 Å². The van der Waals surface area contributed by atoms with Crippen LogP contribution in [0.1, 0.15) is 12.8 Å². The van der Waals surface area contributed by atoms with Gasteiger partial charge < -0.3 is 31.7 Å². The molecule has 0 aromatic heterocycles. The lowest BCUT2D eigenvalue weighted by atomic mass is 10.1. The maximum absolute atomic E-state index is 11.9. The van der Waals surface area contributed by atoms with E-state index in [4.69, 9.17) is 21.1 Å². The van der Waals surface area contributed by atoms with E-state index in [2.05, 4.69) is 12.6 Å². The van der Waals surface area contributed by atoms with E-state index in [-0.39, 0.29) is 5.75 Å². The summed E-state index contributed by atoms with van der Waals surface area (Å²) in [7, 11) is 0. The summed E-state index contributed by atoms with van der Waals surface area (Å²) in [5, 5.41) is 30.1. The van der Waals surface area contributed by atoms with Crippen LogP contribution in [0, 0.1) is 0 Å². The monoisotopic (exact) mass is 351 g/mol. The molecule has 0 spiro atoms. The van der Waals surface area contributed by atoms with Crippen LogP contribution >= 0.6 is 12.6 Å². The molecule has 0 heterocycles. The quantitative estimate of drug-likeness (QED) is 0.204. The van der Waals surface area contributed by atoms with Crippen LogP contribution < -0.4 is 16.4 Å². The molecular formula is C11H17N3O8S. The Morgan fingerprint density at radius 1 is 0.870 bits per heavy atom. The second kappa shape index (κ2) is 9.63. The molecule has 130 valence electrons. The summed E-state index contributed by atoms with van der Waals surface area (Å²) in [6.45, 7) is 0. The fourth-order valence-electron chi connectivity index (χ4n) is 1.40. The molecule has 0 rings (SSSR count). The van der Waals surface area contributed by atoms with Gasteiger partial charge in [0.1, 0.15) is 12.1 Å². The average molecular weight is 351 g/mol. The summed E-state index contributed by atoms with van der Waals surface area (Å²) in [4.78, 5) is 55.6. The van der Waals surface area contributed by atoms with Gasteiger partial charge in [-0.15, -0.1) is 0 Å². The maximum Gasteiger partial charge on any atom is 0.327 e. The predicted molar refractivity (Wildman–Crippen MR) is 77.8 cm³/mol. The number of carboxylic acids is 3. The van der Waals surface area contributed by atoms with Crippen molar-refractivity contribution in [1.29, 1.82) is 0 Å². The summed E-state index contributed by atoms with van der Waals surface area (Å²) in [5.41, 5.74) is 5.29. The zero-order chi connectivity index (χ0) is 18.2. The number of carbonyl (C=O) groups is 5. The fraction of sp³-hybridized carbons (Fsp3) is 0.545. The van der Waals surface area contributed by atoms with Crippen molar-refractivity contribution in [2.45, 2.75) is 31.0 Å². The molecule has 12 heteroatoms. The molecule has 0 bridgehead atoms. The molecule has 0 aliphatic heterocycles. The molecule has 3 unspecified atom stereocenters. The van der Waals surface area contributed by atoms with Gasteiger partial charge in [0.25, 0.3) is 0 Å². The molecular weight excluding hydrogens is 334 g/mol. The molecule has 7 N–H and O–H groups in total. The Balaban J connectivity index is 4.96. The Morgan fingerprint density at radius 2 is 1.35 bits per heavy atom. The van der Waals surface area contributed by atoms with Gasteiger partial charge in [0.05, 0.1) is 18.9 Å². The summed E-state index contributed by atoms with van der Waals surface area (Å²) < 4.78 is 0. The first-order valence-corrected chi connectivity index (χ1v) is 6.85. The first kappa shape index (κ1) is 20.7. The molecule has 0 aliphatic carbocycles. The topological polar surface area (TPSA) is 196 Å². The van der Waals surface area contributed by atoms with Crippen LogP contribution in [0.15, 0.2) is 0 Å². The number of rotatable bonds is 10. The lowest BCUT2D eigenvalue weighted by molar-refractivity contribution is -0.143. The highest BCUT2D eigenvalue weighted by Crippen LogP contribution is 1.99. The molecule has 0 aliphatic rings. The SMILES string of the molecule is NC(CC(=O)O)C(=O)NC(CC(=O)O)C(=O)NC(CS)C(=O)O. The second-order valence-electron chi connectivity index (χ2n) is 4.45. The van der Waals surface area contributed by atoms with Gasteiger partial charge >= 0.3 is 17.9 Å². The van der Waals surface area contributed by atoms with Gasteiger partial charge in [0.15, 0.2) is 0 Å². The van der Waals surface area contributed by atoms with Gasteiger partial charge in [-0.1, -0.05) is 0 Å². The number of thiol groups is 1. The maximum atomic E-state index is 11.9. The highest BCUT2D eigenvalue weighted by atomic mass is 32.1. The van der Waals surface area contributed by atoms with E-state index < -0.39 is 60.7 Å². The van der Waals surface area contributed by atoms with E-state index in [1.165, 1.54) is 0 Å². The standard InChI is InChI=1S/C11H17N3O8S/c12-4(1-7(15)16)9(19)13-5(2-8(17)18)10(20)14-6(3-23)11(21)22/h4-6,23H,1-3,12H2,(H,13,19)(H,14,20)(H,15,16)(H,17,18)(H,21,22). The molecule has 0 aromatic carbocycles. The van der Waals surface area contributed by atoms with Gasteiger partial charge in [0, 0.05) is 5.75 Å². The number of carbonyl (C=O) groups excluding carboxylic acids is 2. The number of carboxylic acid groups (broad SMARTS) is 3. The lowest BCUT2D eigenvalue weighted by Crippen LogP contribution is -2.55. The zero-order valence-corrected chi connectivity index (χ0v) is 12.7. The second-order valence-corrected chi connectivity index (χ2v) is 4.81. The van der Waals surface area contributed by atoms with Gasteiger partial charge in [-0.3, -0.25) is 19.2 Å². The van der Waals surface area contributed by atoms with Crippen molar-refractivity contribution >= 4 is 42.4 Å². The minimum absolute atomic E-state index is 0.257. The Bertz CT molecular complexity index is 498. The molecule has 0 saturated heterocycles. The van der Waals surface area contributed by atoms with Crippen LogP contribution in [-0.4, -0.2) is 68.9 Å². The third kappa shape index (κ3) is 8.01. The highest BCUT2D eigenvalue weighted by Gasteiger charge is 2.29. The Morgan fingerprint density at radius 3 is 1.74 bits per heavy atom. The molecule has 23 heavy (non-hydrogen) atoms. The lowest BCUT2D eigenvalue weighted by Gasteiger charge is -2.20. The van der Waals surface area contributed by atoms with Crippen molar-refractivity contribution in [2.24, 2.45) is 5.73 Å². The number of hydrogen-bond donors (Lipinski definition) is 7. The molecule has 0 saturated carbocycles.